The van der Waals surface area contributed by atoms with Crippen LogP contribution >= 0.6 is 0 Å². The summed E-state index contributed by atoms with van der Waals surface area (Å²) in [6.45, 7) is 0.404. The Labute approximate surface area is 119 Å². The van der Waals surface area contributed by atoms with E-state index in [2.05, 4.69) is 17.4 Å². The van der Waals surface area contributed by atoms with Gasteiger partial charge in [0.1, 0.15) is 0 Å². The molecule has 1 saturated carbocycles. The molecule has 0 spiro atoms. The van der Waals surface area contributed by atoms with Crippen LogP contribution in [0.15, 0.2) is 30.3 Å². The van der Waals surface area contributed by atoms with Crippen LogP contribution in [-0.4, -0.2) is 51.1 Å². The zero-order chi connectivity index (χ0) is 14.5. The molecule has 0 saturated heterocycles. The summed E-state index contributed by atoms with van der Waals surface area (Å²) in [7, 11) is 4.86. The lowest BCUT2D eigenvalue weighted by Gasteiger charge is -2.22. The van der Waals surface area contributed by atoms with Crippen molar-refractivity contribution in [2.45, 2.75) is 24.7 Å². The van der Waals surface area contributed by atoms with Gasteiger partial charge in [0, 0.05) is 33.2 Å². The van der Waals surface area contributed by atoms with Crippen LogP contribution in [0.3, 0.4) is 0 Å². The number of urea groups is 1. The van der Waals surface area contributed by atoms with E-state index in [1.165, 1.54) is 5.56 Å². The number of benzene rings is 1. The van der Waals surface area contributed by atoms with Crippen LogP contribution in [0, 0.1) is 0 Å². The molecule has 0 aromatic heterocycles. The van der Waals surface area contributed by atoms with Crippen molar-refractivity contribution in [2.75, 3.05) is 27.8 Å². The normalized spacial score (nSPS) is 20.8. The average molecular weight is 278 g/mol. The smallest absolute Gasteiger partial charge is 0.317 e. The van der Waals surface area contributed by atoms with Crippen molar-refractivity contribution in [1.82, 2.24) is 10.2 Å². The highest BCUT2D eigenvalue weighted by Crippen LogP contribution is 2.40. The molecule has 1 N–H and O–H groups in total. The summed E-state index contributed by atoms with van der Waals surface area (Å²) in [5.74, 6) is 0.439. The Balaban J connectivity index is 1.79. The first kappa shape index (κ1) is 14.8. The van der Waals surface area contributed by atoms with Crippen molar-refractivity contribution in [2.24, 2.45) is 0 Å². The third-order valence-corrected chi connectivity index (χ3v) is 3.62. The summed E-state index contributed by atoms with van der Waals surface area (Å²) in [4.78, 5) is 13.6. The van der Waals surface area contributed by atoms with E-state index in [9.17, 15) is 4.79 Å². The van der Waals surface area contributed by atoms with E-state index in [0.29, 0.717) is 12.5 Å². The molecule has 0 bridgehead atoms. The van der Waals surface area contributed by atoms with E-state index >= 15 is 0 Å². The summed E-state index contributed by atoms with van der Waals surface area (Å²) in [5.41, 5.74) is 1.28. The summed E-state index contributed by atoms with van der Waals surface area (Å²) in [6.07, 6.45) is 0.608. The summed E-state index contributed by atoms with van der Waals surface area (Å²) in [5, 5.41) is 3.03. The quantitative estimate of drug-likeness (QED) is 0.807. The SMILES string of the molecule is COC(CN(C)C(=O)NC1CC1c1ccccc1)OC. The molecule has 0 heterocycles. The first-order valence-corrected chi connectivity index (χ1v) is 6.78. The van der Waals surface area contributed by atoms with Crippen LogP contribution in [0.25, 0.3) is 0 Å². The fourth-order valence-corrected chi connectivity index (χ4v) is 2.24. The molecular formula is C15H22N2O3. The topological polar surface area (TPSA) is 50.8 Å². The van der Waals surface area contributed by atoms with E-state index < -0.39 is 6.29 Å². The summed E-state index contributed by atoms with van der Waals surface area (Å²) < 4.78 is 10.2. The largest absolute Gasteiger partial charge is 0.354 e. The highest BCUT2D eigenvalue weighted by atomic mass is 16.7. The third kappa shape index (κ3) is 3.71. The minimum absolute atomic E-state index is 0.0902. The van der Waals surface area contributed by atoms with Gasteiger partial charge in [-0.3, -0.25) is 0 Å². The molecular weight excluding hydrogens is 256 g/mol. The van der Waals surface area contributed by atoms with Gasteiger partial charge in [0.25, 0.3) is 0 Å². The van der Waals surface area contributed by atoms with E-state index in [4.69, 9.17) is 9.47 Å². The van der Waals surface area contributed by atoms with Crippen molar-refractivity contribution in [1.29, 1.82) is 0 Å². The molecule has 0 aliphatic heterocycles. The van der Waals surface area contributed by atoms with E-state index in [1.807, 2.05) is 18.2 Å². The first-order valence-electron chi connectivity index (χ1n) is 6.78. The van der Waals surface area contributed by atoms with Gasteiger partial charge in [-0.25, -0.2) is 4.79 Å². The maximum absolute atomic E-state index is 12.0. The molecule has 2 amide bonds. The molecule has 2 unspecified atom stereocenters. The van der Waals surface area contributed by atoms with Crippen molar-refractivity contribution in [3.8, 4) is 0 Å². The van der Waals surface area contributed by atoms with E-state index in [0.717, 1.165) is 6.42 Å². The number of amides is 2. The molecule has 5 nitrogen and oxygen atoms in total. The molecule has 0 radical (unpaired) electrons. The molecule has 2 atom stereocenters. The average Bonchev–Trinajstić information content (AvgIpc) is 3.24. The fraction of sp³-hybridized carbons (Fsp3) is 0.533. The lowest BCUT2D eigenvalue weighted by Crippen LogP contribution is -2.43. The molecule has 1 aromatic rings. The van der Waals surface area contributed by atoms with Gasteiger partial charge in [0.15, 0.2) is 6.29 Å². The van der Waals surface area contributed by atoms with Crippen molar-refractivity contribution >= 4 is 6.03 Å². The number of methoxy groups -OCH3 is 2. The van der Waals surface area contributed by atoms with Crippen LogP contribution in [0.2, 0.25) is 0 Å². The van der Waals surface area contributed by atoms with E-state index in [1.54, 1.807) is 26.2 Å². The van der Waals surface area contributed by atoms with Crippen molar-refractivity contribution < 1.29 is 14.3 Å². The Morgan fingerprint density at radius 3 is 2.60 bits per heavy atom. The lowest BCUT2D eigenvalue weighted by molar-refractivity contribution is -0.109. The van der Waals surface area contributed by atoms with Crippen molar-refractivity contribution in [3.63, 3.8) is 0 Å². The second kappa shape index (κ2) is 6.72. The monoisotopic (exact) mass is 278 g/mol. The minimum Gasteiger partial charge on any atom is -0.354 e. The van der Waals surface area contributed by atoms with Gasteiger partial charge in [-0.15, -0.1) is 0 Å². The molecule has 5 heteroatoms. The van der Waals surface area contributed by atoms with E-state index in [-0.39, 0.29) is 12.1 Å². The number of ether oxygens (including phenoxy) is 2. The van der Waals surface area contributed by atoms with Crippen LogP contribution < -0.4 is 5.32 Å². The predicted molar refractivity (Wildman–Crippen MR) is 76.6 cm³/mol. The van der Waals surface area contributed by atoms with Crippen LogP contribution in [0.1, 0.15) is 17.9 Å². The fourth-order valence-electron chi connectivity index (χ4n) is 2.24. The molecule has 110 valence electrons. The molecule has 1 aliphatic carbocycles. The van der Waals surface area contributed by atoms with Crippen LogP contribution in [-0.2, 0) is 9.47 Å². The van der Waals surface area contributed by atoms with Gasteiger partial charge in [0.2, 0.25) is 0 Å². The number of carbonyl (C=O) groups excluding carboxylic acids is 1. The summed E-state index contributed by atoms with van der Waals surface area (Å²) in [6, 6.07) is 10.4. The van der Waals surface area contributed by atoms with Gasteiger partial charge >= 0.3 is 6.03 Å². The molecule has 20 heavy (non-hydrogen) atoms. The molecule has 1 aromatic carbocycles. The van der Waals surface area contributed by atoms with Gasteiger partial charge in [0.05, 0.1) is 6.54 Å². The Kier molecular flexibility index (Phi) is 4.98. The Morgan fingerprint density at radius 1 is 1.35 bits per heavy atom. The number of hydrogen-bond donors (Lipinski definition) is 1. The molecule has 2 rings (SSSR count). The molecule has 1 aliphatic rings. The lowest BCUT2D eigenvalue weighted by atomic mass is 10.1. The Morgan fingerprint density at radius 2 is 2.00 bits per heavy atom. The third-order valence-electron chi connectivity index (χ3n) is 3.62. The second-order valence-electron chi connectivity index (χ2n) is 5.09. The van der Waals surface area contributed by atoms with Gasteiger partial charge < -0.3 is 19.7 Å². The van der Waals surface area contributed by atoms with Crippen LogP contribution in [0.5, 0.6) is 0 Å². The number of carbonyl (C=O) groups is 1. The summed E-state index contributed by atoms with van der Waals surface area (Å²) >= 11 is 0. The maximum atomic E-state index is 12.0. The Hall–Kier alpha value is -1.59. The minimum atomic E-state index is -0.394. The number of nitrogens with zero attached hydrogens (tertiary/aromatic N) is 1. The van der Waals surface area contributed by atoms with Crippen LogP contribution in [0.4, 0.5) is 4.79 Å². The highest BCUT2D eigenvalue weighted by molar-refractivity contribution is 5.74. The standard InChI is InChI=1S/C15H22N2O3/c1-17(10-14(19-2)20-3)15(18)16-13-9-12(13)11-7-5-4-6-8-11/h4-8,12-14H,9-10H2,1-3H3,(H,16,18). The first-order chi connectivity index (χ1) is 9.65. The van der Waals surface area contributed by atoms with Gasteiger partial charge in [-0.1, -0.05) is 30.3 Å². The Bertz CT molecular complexity index is 434. The second-order valence-corrected chi connectivity index (χ2v) is 5.09. The maximum Gasteiger partial charge on any atom is 0.317 e. The van der Waals surface area contributed by atoms with Gasteiger partial charge in [-0.05, 0) is 12.0 Å². The van der Waals surface area contributed by atoms with Crippen molar-refractivity contribution in [3.05, 3.63) is 35.9 Å². The number of nitrogens with one attached hydrogen (secondary N) is 1. The zero-order valence-electron chi connectivity index (χ0n) is 12.2. The predicted octanol–water partition coefficient (Wildman–Crippen LogP) is 1.80. The number of hydrogen-bond acceptors (Lipinski definition) is 3. The number of likely N-dealkylation sites (N-methyl/N-ethyl adjacent to an activating group) is 1. The highest BCUT2D eigenvalue weighted by Gasteiger charge is 2.39. The van der Waals surface area contributed by atoms with Gasteiger partial charge in [-0.2, -0.15) is 0 Å². The number of rotatable bonds is 6. The molecule has 1 fully saturated rings. The zero-order valence-corrected chi connectivity index (χ0v) is 12.2.